The molecule has 0 aromatic heterocycles. The molecule has 2 N–H and O–H groups in total. The summed E-state index contributed by atoms with van der Waals surface area (Å²) >= 11 is 0. The van der Waals surface area contributed by atoms with Crippen LogP contribution in [0.15, 0.2) is 71.6 Å². The number of hydrogen-bond acceptors (Lipinski definition) is 4. The molecular formula is C23H24FNO4S. The van der Waals surface area contributed by atoms with Crippen LogP contribution in [0.4, 0.5) is 4.39 Å². The van der Waals surface area contributed by atoms with Crippen LogP contribution in [-0.4, -0.2) is 15.0 Å². The first-order valence-electron chi connectivity index (χ1n) is 9.60. The molecule has 7 heteroatoms. The van der Waals surface area contributed by atoms with E-state index in [0.717, 1.165) is 23.6 Å². The lowest BCUT2D eigenvalue weighted by atomic mass is 10.1. The summed E-state index contributed by atoms with van der Waals surface area (Å²) in [6.07, 6.45) is 1.13. The molecule has 0 fully saturated rings. The van der Waals surface area contributed by atoms with Gasteiger partial charge in [0.2, 0.25) is 10.0 Å². The Hall–Kier alpha value is -2.90. The average molecular weight is 430 g/mol. The Morgan fingerprint density at radius 2 is 1.67 bits per heavy atom. The first kappa shape index (κ1) is 21.8. The molecule has 5 nitrogen and oxygen atoms in total. The van der Waals surface area contributed by atoms with E-state index in [4.69, 9.17) is 14.6 Å². The quantitative estimate of drug-likeness (QED) is 0.552. The summed E-state index contributed by atoms with van der Waals surface area (Å²) in [5, 5.41) is 5.03. The zero-order valence-corrected chi connectivity index (χ0v) is 17.5. The number of benzene rings is 3. The largest absolute Gasteiger partial charge is 0.489 e. The van der Waals surface area contributed by atoms with Crippen molar-refractivity contribution in [3.8, 4) is 11.5 Å². The number of nitrogens with two attached hydrogens (primary N) is 1. The van der Waals surface area contributed by atoms with E-state index in [1.807, 2.05) is 48.5 Å². The van der Waals surface area contributed by atoms with Gasteiger partial charge < -0.3 is 9.47 Å². The Kier molecular flexibility index (Phi) is 7.07. The van der Waals surface area contributed by atoms with Gasteiger partial charge in [-0.25, -0.2) is 17.9 Å². The number of rotatable bonds is 9. The molecule has 0 aliphatic carbocycles. The van der Waals surface area contributed by atoms with Gasteiger partial charge >= 0.3 is 0 Å². The highest BCUT2D eigenvalue weighted by molar-refractivity contribution is 7.89. The summed E-state index contributed by atoms with van der Waals surface area (Å²) in [6.45, 7) is 2.68. The highest BCUT2D eigenvalue weighted by Crippen LogP contribution is 2.30. The Labute approximate surface area is 176 Å². The summed E-state index contributed by atoms with van der Waals surface area (Å²) in [6, 6.07) is 19.2. The van der Waals surface area contributed by atoms with Gasteiger partial charge in [0.15, 0.2) is 11.5 Å². The smallest absolute Gasteiger partial charge is 0.238 e. The molecule has 3 rings (SSSR count). The van der Waals surface area contributed by atoms with E-state index in [2.05, 4.69) is 6.92 Å². The second-order valence-electron chi connectivity index (χ2n) is 6.81. The van der Waals surface area contributed by atoms with Gasteiger partial charge in [-0.3, -0.25) is 0 Å². The standard InChI is InChI=1S/C23H24FNO4S/c1-2-17-8-11-22(23(14-17)29-16-18-6-4-3-5-7-18)28-13-12-19-9-10-20(15-21(19)24)30(25,26)27/h3-11,14-15H,2,12-13,16H2,1H3,(H2,25,26,27). The topological polar surface area (TPSA) is 78.6 Å². The Morgan fingerprint density at radius 3 is 2.33 bits per heavy atom. The number of halogens is 1. The van der Waals surface area contributed by atoms with Crippen molar-refractivity contribution in [3.05, 3.63) is 89.2 Å². The predicted molar refractivity (Wildman–Crippen MR) is 114 cm³/mol. The van der Waals surface area contributed by atoms with Crippen LogP contribution in [-0.2, 0) is 29.5 Å². The maximum atomic E-state index is 14.2. The van der Waals surface area contributed by atoms with Gasteiger partial charge in [0.25, 0.3) is 0 Å². The molecule has 0 saturated heterocycles. The van der Waals surface area contributed by atoms with Crippen molar-refractivity contribution in [1.29, 1.82) is 0 Å². The first-order chi connectivity index (χ1) is 14.4. The minimum absolute atomic E-state index is 0.207. The zero-order chi connectivity index (χ0) is 21.6. The summed E-state index contributed by atoms with van der Waals surface area (Å²) < 4.78 is 48.6. The summed E-state index contributed by atoms with van der Waals surface area (Å²) in [5.74, 6) is 0.569. The van der Waals surface area contributed by atoms with Crippen LogP contribution in [0.25, 0.3) is 0 Å². The predicted octanol–water partition coefficient (Wildman–Crippen LogP) is 4.24. The number of hydrogen-bond donors (Lipinski definition) is 1. The molecule has 0 bridgehead atoms. The van der Waals surface area contributed by atoms with Crippen molar-refractivity contribution in [3.63, 3.8) is 0 Å². The monoisotopic (exact) mass is 429 g/mol. The highest BCUT2D eigenvalue weighted by atomic mass is 32.2. The fourth-order valence-corrected chi connectivity index (χ4v) is 3.44. The molecule has 30 heavy (non-hydrogen) atoms. The van der Waals surface area contributed by atoms with Crippen LogP contribution in [0, 0.1) is 5.82 Å². The minimum Gasteiger partial charge on any atom is -0.489 e. The lowest BCUT2D eigenvalue weighted by molar-refractivity contribution is 0.262. The SMILES string of the molecule is CCc1ccc(OCCc2ccc(S(N)(=O)=O)cc2F)c(OCc2ccccc2)c1. The highest BCUT2D eigenvalue weighted by Gasteiger charge is 2.12. The van der Waals surface area contributed by atoms with Crippen molar-refractivity contribution >= 4 is 10.0 Å². The molecule has 3 aromatic carbocycles. The summed E-state index contributed by atoms with van der Waals surface area (Å²) in [4.78, 5) is -0.253. The third kappa shape index (κ3) is 5.81. The molecule has 0 aliphatic rings. The summed E-state index contributed by atoms with van der Waals surface area (Å²) in [5.41, 5.74) is 2.51. The van der Waals surface area contributed by atoms with Gasteiger partial charge in [-0.05, 0) is 47.4 Å². The molecule has 0 radical (unpaired) electrons. The van der Waals surface area contributed by atoms with Crippen LogP contribution in [0.3, 0.4) is 0 Å². The minimum atomic E-state index is -3.93. The van der Waals surface area contributed by atoms with E-state index in [1.54, 1.807) is 0 Å². The Morgan fingerprint density at radius 1 is 0.900 bits per heavy atom. The van der Waals surface area contributed by atoms with E-state index in [0.29, 0.717) is 23.7 Å². The van der Waals surface area contributed by atoms with Crippen LogP contribution in [0.1, 0.15) is 23.6 Å². The van der Waals surface area contributed by atoms with Gasteiger partial charge in [-0.15, -0.1) is 0 Å². The average Bonchev–Trinajstić information content (AvgIpc) is 2.74. The third-order valence-electron chi connectivity index (χ3n) is 4.64. The maximum Gasteiger partial charge on any atom is 0.238 e. The van der Waals surface area contributed by atoms with E-state index < -0.39 is 15.8 Å². The molecular weight excluding hydrogens is 405 g/mol. The molecule has 0 saturated carbocycles. The van der Waals surface area contributed by atoms with Crippen molar-refractivity contribution in [2.75, 3.05) is 6.61 Å². The van der Waals surface area contributed by atoms with E-state index in [-0.39, 0.29) is 17.9 Å². The zero-order valence-electron chi connectivity index (χ0n) is 16.7. The summed E-state index contributed by atoms with van der Waals surface area (Å²) in [7, 11) is -3.93. The van der Waals surface area contributed by atoms with Crippen LogP contribution < -0.4 is 14.6 Å². The van der Waals surface area contributed by atoms with Crippen LogP contribution in [0.2, 0.25) is 0 Å². The molecule has 0 atom stereocenters. The fourth-order valence-electron chi connectivity index (χ4n) is 2.92. The van der Waals surface area contributed by atoms with Gasteiger partial charge in [0.05, 0.1) is 11.5 Å². The van der Waals surface area contributed by atoms with Gasteiger partial charge in [0, 0.05) is 6.42 Å². The van der Waals surface area contributed by atoms with E-state index in [9.17, 15) is 12.8 Å². The van der Waals surface area contributed by atoms with Gasteiger partial charge in [-0.1, -0.05) is 49.4 Å². The molecule has 0 amide bonds. The molecule has 158 valence electrons. The normalized spacial score (nSPS) is 11.3. The van der Waals surface area contributed by atoms with E-state index >= 15 is 0 Å². The molecule has 0 unspecified atom stereocenters. The number of aryl methyl sites for hydroxylation is 1. The number of ether oxygens (including phenoxy) is 2. The lowest BCUT2D eigenvalue weighted by Gasteiger charge is -2.14. The fraction of sp³-hybridized carbons (Fsp3) is 0.217. The van der Waals surface area contributed by atoms with Crippen molar-refractivity contribution < 1.29 is 22.3 Å². The van der Waals surface area contributed by atoms with Crippen molar-refractivity contribution in [2.24, 2.45) is 5.14 Å². The second kappa shape index (κ2) is 9.73. The van der Waals surface area contributed by atoms with Crippen LogP contribution >= 0.6 is 0 Å². The Balaban J connectivity index is 1.67. The van der Waals surface area contributed by atoms with E-state index in [1.165, 1.54) is 12.1 Å². The third-order valence-corrected chi connectivity index (χ3v) is 5.55. The van der Waals surface area contributed by atoms with Crippen LogP contribution in [0.5, 0.6) is 11.5 Å². The van der Waals surface area contributed by atoms with Gasteiger partial charge in [-0.2, -0.15) is 0 Å². The first-order valence-corrected chi connectivity index (χ1v) is 11.1. The number of primary sulfonamides is 1. The number of sulfonamides is 1. The molecule has 3 aromatic rings. The Bertz CT molecular complexity index is 1100. The van der Waals surface area contributed by atoms with Crippen molar-refractivity contribution in [1.82, 2.24) is 0 Å². The lowest BCUT2D eigenvalue weighted by Crippen LogP contribution is -2.13. The second-order valence-corrected chi connectivity index (χ2v) is 8.37. The molecule has 0 spiro atoms. The van der Waals surface area contributed by atoms with Gasteiger partial charge in [0.1, 0.15) is 12.4 Å². The van der Waals surface area contributed by atoms with Crippen molar-refractivity contribution in [2.45, 2.75) is 31.3 Å². The molecule has 0 aliphatic heterocycles. The molecule has 0 heterocycles. The maximum absolute atomic E-state index is 14.2.